The highest BCUT2D eigenvalue weighted by atomic mass is 16.5. The summed E-state index contributed by atoms with van der Waals surface area (Å²) in [6.07, 6.45) is 1.34. The molecule has 0 bridgehead atoms. The van der Waals surface area contributed by atoms with E-state index in [2.05, 4.69) is 0 Å². The van der Waals surface area contributed by atoms with E-state index in [1.165, 1.54) is 13.2 Å². The van der Waals surface area contributed by atoms with E-state index in [1.54, 1.807) is 84.9 Å². The Balaban J connectivity index is 1.55. The summed E-state index contributed by atoms with van der Waals surface area (Å²) in [7, 11) is 1.32. The molecule has 0 aliphatic carbocycles. The van der Waals surface area contributed by atoms with Gasteiger partial charge in [0.1, 0.15) is 17.1 Å². The third-order valence-electron chi connectivity index (χ3n) is 6.38. The minimum absolute atomic E-state index is 0.224. The van der Waals surface area contributed by atoms with Gasteiger partial charge in [-0.1, -0.05) is 42.0 Å². The van der Waals surface area contributed by atoms with Crippen molar-refractivity contribution in [2.75, 3.05) is 16.9 Å². The number of nitrogens with zero attached hydrogens (tertiary/aromatic N) is 2. The molecule has 8 nitrogen and oxygen atoms in total. The number of aryl methyl sites for hydroxylation is 2. The minimum Gasteiger partial charge on any atom is -0.465 e. The average molecular weight is 521 g/mol. The van der Waals surface area contributed by atoms with Gasteiger partial charge in [0, 0.05) is 5.56 Å². The second kappa shape index (κ2) is 10.3. The maximum absolute atomic E-state index is 13.6. The van der Waals surface area contributed by atoms with Crippen LogP contribution in [0.2, 0.25) is 0 Å². The first-order chi connectivity index (χ1) is 18.8. The van der Waals surface area contributed by atoms with Crippen LogP contribution in [0.1, 0.15) is 27.2 Å². The number of imide groups is 2. The van der Waals surface area contributed by atoms with Gasteiger partial charge in [-0.25, -0.2) is 19.4 Å². The first kappa shape index (κ1) is 25.4. The van der Waals surface area contributed by atoms with Crippen molar-refractivity contribution in [3.8, 4) is 11.3 Å². The first-order valence-electron chi connectivity index (χ1n) is 12.1. The average Bonchev–Trinajstić information content (AvgIpc) is 3.40. The molecule has 0 radical (unpaired) electrons. The minimum atomic E-state index is -0.765. The van der Waals surface area contributed by atoms with Crippen LogP contribution >= 0.6 is 0 Å². The van der Waals surface area contributed by atoms with E-state index >= 15 is 0 Å². The number of carbonyl (C=O) groups excluding carboxylic acids is 4. The topological polar surface area (TPSA) is 97.1 Å². The van der Waals surface area contributed by atoms with Crippen molar-refractivity contribution >= 4 is 41.3 Å². The molecule has 0 atom stereocenters. The molecule has 39 heavy (non-hydrogen) atoms. The van der Waals surface area contributed by atoms with E-state index in [9.17, 15) is 19.2 Å². The fourth-order valence-electron chi connectivity index (χ4n) is 4.36. The number of esters is 1. The van der Waals surface area contributed by atoms with Crippen LogP contribution in [-0.4, -0.2) is 30.9 Å². The van der Waals surface area contributed by atoms with Gasteiger partial charge in [0.05, 0.1) is 24.0 Å². The summed E-state index contributed by atoms with van der Waals surface area (Å²) in [6, 6.07) is 23.0. The van der Waals surface area contributed by atoms with Gasteiger partial charge in [0.15, 0.2) is 0 Å². The molecule has 4 amide bonds. The predicted molar refractivity (Wildman–Crippen MR) is 146 cm³/mol. The van der Waals surface area contributed by atoms with E-state index in [4.69, 9.17) is 9.15 Å². The fraction of sp³-hybridized carbons (Fsp3) is 0.0968. The zero-order chi connectivity index (χ0) is 27.7. The Morgan fingerprint density at radius 3 is 2.05 bits per heavy atom. The molecule has 0 spiro atoms. The van der Waals surface area contributed by atoms with E-state index in [0.717, 1.165) is 26.5 Å². The SMILES string of the molecule is COC(=O)c1ccc(-c2ccc(/C=C3\C(=O)N(c4ccccc4)C(=O)N(c4ccc(C)cc4)C3=O)o2)c(C)c1. The van der Waals surface area contributed by atoms with E-state index in [0.29, 0.717) is 22.7 Å². The Hall–Kier alpha value is -5.24. The number of benzene rings is 3. The summed E-state index contributed by atoms with van der Waals surface area (Å²) in [6.45, 7) is 3.73. The second-order valence-electron chi connectivity index (χ2n) is 9.02. The Labute approximate surface area is 224 Å². The van der Waals surface area contributed by atoms with Crippen LogP contribution in [-0.2, 0) is 14.3 Å². The summed E-state index contributed by atoms with van der Waals surface area (Å²) in [4.78, 5) is 54.4. The number of para-hydroxylation sites is 1. The van der Waals surface area contributed by atoms with Crippen LogP contribution in [0.5, 0.6) is 0 Å². The van der Waals surface area contributed by atoms with Crippen molar-refractivity contribution in [1.82, 2.24) is 0 Å². The number of hydrogen-bond donors (Lipinski definition) is 0. The number of barbiturate groups is 1. The van der Waals surface area contributed by atoms with Crippen LogP contribution in [0.25, 0.3) is 17.4 Å². The van der Waals surface area contributed by atoms with Crippen LogP contribution < -0.4 is 9.80 Å². The highest BCUT2D eigenvalue weighted by Crippen LogP contribution is 2.32. The number of anilines is 2. The van der Waals surface area contributed by atoms with Crippen molar-refractivity contribution in [3.63, 3.8) is 0 Å². The van der Waals surface area contributed by atoms with Gasteiger partial charge in [-0.2, -0.15) is 0 Å². The summed E-state index contributed by atoms with van der Waals surface area (Å²) in [5.41, 5.74) is 3.34. The van der Waals surface area contributed by atoms with E-state index in [1.807, 2.05) is 13.8 Å². The second-order valence-corrected chi connectivity index (χ2v) is 9.02. The van der Waals surface area contributed by atoms with Gasteiger partial charge in [0.2, 0.25) is 0 Å². The van der Waals surface area contributed by atoms with E-state index < -0.39 is 23.8 Å². The standard InChI is InChI=1S/C31H24N2O6/c1-19-9-12-23(13-10-19)33-29(35)26(28(34)32(31(33)37)22-7-5-4-6-8-22)18-24-14-16-27(39-24)25-15-11-21(17-20(25)2)30(36)38-3/h4-18H,1-3H3/b26-18+. The molecular weight excluding hydrogens is 496 g/mol. The lowest BCUT2D eigenvalue weighted by Crippen LogP contribution is -2.57. The smallest absolute Gasteiger partial charge is 0.343 e. The number of furan rings is 1. The lowest BCUT2D eigenvalue weighted by atomic mass is 10.0. The first-order valence-corrected chi connectivity index (χ1v) is 12.1. The highest BCUT2D eigenvalue weighted by molar-refractivity contribution is 6.46. The molecule has 2 heterocycles. The van der Waals surface area contributed by atoms with E-state index in [-0.39, 0.29) is 11.3 Å². The summed E-state index contributed by atoms with van der Waals surface area (Å²) >= 11 is 0. The van der Waals surface area contributed by atoms with Crippen LogP contribution in [0, 0.1) is 13.8 Å². The molecule has 0 saturated carbocycles. The van der Waals surface area contributed by atoms with Gasteiger partial charge >= 0.3 is 12.0 Å². The zero-order valence-electron chi connectivity index (χ0n) is 21.5. The number of ether oxygens (including phenoxy) is 1. The third-order valence-corrected chi connectivity index (χ3v) is 6.38. The lowest BCUT2D eigenvalue weighted by molar-refractivity contribution is -0.121. The van der Waals surface area contributed by atoms with Gasteiger partial charge in [-0.3, -0.25) is 9.59 Å². The largest absolute Gasteiger partial charge is 0.465 e. The van der Waals surface area contributed by atoms with Gasteiger partial charge in [-0.15, -0.1) is 0 Å². The van der Waals surface area contributed by atoms with Crippen molar-refractivity contribution in [1.29, 1.82) is 0 Å². The molecule has 3 aromatic carbocycles. The molecule has 1 aliphatic heterocycles. The molecule has 0 N–H and O–H groups in total. The van der Waals surface area contributed by atoms with Crippen molar-refractivity contribution in [2.45, 2.75) is 13.8 Å². The molecule has 1 aromatic heterocycles. The van der Waals surface area contributed by atoms with Crippen LogP contribution in [0.3, 0.4) is 0 Å². The molecule has 1 aliphatic rings. The van der Waals surface area contributed by atoms with Gasteiger partial charge < -0.3 is 9.15 Å². The summed E-state index contributed by atoms with van der Waals surface area (Å²) in [5.74, 6) is -1.21. The van der Waals surface area contributed by atoms with Crippen molar-refractivity contribution in [3.05, 3.63) is 113 Å². The fourth-order valence-corrected chi connectivity index (χ4v) is 4.36. The molecule has 0 unspecified atom stereocenters. The number of hydrogen-bond acceptors (Lipinski definition) is 6. The summed E-state index contributed by atoms with van der Waals surface area (Å²) in [5, 5.41) is 0. The maximum Gasteiger partial charge on any atom is 0.343 e. The van der Waals surface area contributed by atoms with Crippen LogP contribution in [0.15, 0.2) is 94.9 Å². The number of rotatable bonds is 5. The Kier molecular flexibility index (Phi) is 6.68. The molecular formula is C31H24N2O6. The number of urea groups is 1. The number of amides is 4. The monoisotopic (exact) mass is 520 g/mol. The predicted octanol–water partition coefficient (Wildman–Crippen LogP) is 5.93. The normalized spacial score (nSPS) is 14.7. The van der Waals surface area contributed by atoms with Gasteiger partial charge in [-0.05, 0) is 74.0 Å². The third kappa shape index (κ3) is 4.75. The van der Waals surface area contributed by atoms with Crippen molar-refractivity contribution < 1.29 is 28.3 Å². The van der Waals surface area contributed by atoms with Crippen LogP contribution in [0.4, 0.5) is 16.2 Å². The quantitative estimate of drug-likeness (QED) is 0.184. The molecule has 8 heteroatoms. The van der Waals surface area contributed by atoms with Gasteiger partial charge in [0.25, 0.3) is 11.8 Å². The Morgan fingerprint density at radius 2 is 1.44 bits per heavy atom. The molecule has 4 aromatic rings. The Morgan fingerprint density at radius 1 is 0.795 bits per heavy atom. The summed E-state index contributed by atoms with van der Waals surface area (Å²) < 4.78 is 10.8. The molecule has 1 saturated heterocycles. The Bertz CT molecular complexity index is 1630. The number of methoxy groups -OCH3 is 1. The number of carbonyl (C=O) groups is 4. The molecule has 5 rings (SSSR count). The molecule has 194 valence electrons. The zero-order valence-corrected chi connectivity index (χ0v) is 21.5. The molecule has 1 fully saturated rings. The maximum atomic E-state index is 13.6. The highest BCUT2D eigenvalue weighted by Gasteiger charge is 2.43. The van der Waals surface area contributed by atoms with Crippen molar-refractivity contribution in [2.24, 2.45) is 0 Å². The lowest BCUT2D eigenvalue weighted by Gasteiger charge is -2.33.